The lowest BCUT2D eigenvalue weighted by atomic mass is 9.33. The van der Waals surface area contributed by atoms with E-state index in [0.717, 1.165) is 79.2 Å². The van der Waals surface area contributed by atoms with E-state index in [4.69, 9.17) is 6.57 Å². The third-order valence-corrected chi connectivity index (χ3v) is 13.0. The van der Waals surface area contributed by atoms with Gasteiger partial charge in [0.25, 0.3) is 6.71 Å². The van der Waals surface area contributed by atoms with Crippen LogP contribution in [0.15, 0.2) is 200 Å². The number of aromatic nitrogens is 1. The molecule has 0 saturated heterocycles. The molecule has 5 nitrogen and oxygen atoms in total. The molecule has 0 amide bonds. The van der Waals surface area contributed by atoms with E-state index in [-0.39, 0.29) is 23.5 Å². The van der Waals surface area contributed by atoms with Gasteiger partial charge in [0.15, 0.2) is 5.69 Å². The summed E-state index contributed by atoms with van der Waals surface area (Å²) in [7, 11) is 0. The Bertz CT molecular complexity index is 3590. The number of hydrogen-bond acceptors (Lipinski definition) is 3. The molecular weight excluding hydrogens is 822 g/mol. The molecule has 9 aromatic carbocycles. The van der Waals surface area contributed by atoms with Crippen molar-refractivity contribution < 1.29 is 13.2 Å². The third kappa shape index (κ3) is 5.95. The standard InChI is InChI=1S/C57H33BF3N5/c1-63-48-30-36(35-62)24-27-42(48)45-34-39(57(59,60)61)26-29-51(45)66-49-21-11-8-18-43(49)44-31-37(25-28-50(44)66)38-32-54-56-55(33-38)65(41-16-6-3-7-17-41)53-23-13-10-20-47(53)58(56)46-19-9-12-22-52(46)64(54)40-14-4-2-5-15-40/h2-34H. The van der Waals surface area contributed by atoms with Gasteiger partial charge >= 0.3 is 6.18 Å². The Hall–Kier alpha value is -8.79. The van der Waals surface area contributed by atoms with E-state index in [1.165, 1.54) is 34.6 Å². The van der Waals surface area contributed by atoms with Crippen LogP contribution in [-0.2, 0) is 6.18 Å². The number of alkyl halides is 3. The van der Waals surface area contributed by atoms with Gasteiger partial charge < -0.3 is 14.4 Å². The molecule has 0 atom stereocenters. The summed E-state index contributed by atoms with van der Waals surface area (Å²) in [5, 5.41) is 11.5. The lowest BCUT2D eigenvalue weighted by molar-refractivity contribution is -0.137. The van der Waals surface area contributed by atoms with E-state index >= 15 is 0 Å². The fourth-order valence-electron chi connectivity index (χ4n) is 10.2. The van der Waals surface area contributed by atoms with Crippen LogP contribution in [0.3, 0.4) is 0 Å². The number of fused-ring (bicyclic) bond motifs is 7. The van der Waals surface area contributed by atoms with E-state index in [2.05, 4.69) is 142 Å². The third-order valence-electron chi connectivity index (χ3n) is 13.0. The first-order valence-corrected chi connectivity index (χ1v) is 21.5. The molecule has 12 rings (SSSR count). The number of halogens is 3. The largest absolute Gasteiger partial charge is 0.416 e. The maximum atomic E-state index is 14.4. The average molecular weight is 856 g/mol. The second-order valence-corrected chi connectivity index (χ2v) is 16.6. The minimum atomic E-state index is -4.63. The van der Waals surface area contributed by atoms with Gasteiger partial charge in [-0.3, -0.25) is 0 Å². The number of para-hydroxylation sites is 5. The molecule has 0 radical (unpaired) electrons. The van der Waals surface area contributed by atoms with Gasteiger partial charge in [0.05, 0.1) is 34.9 Å². The van der Waals surface area contributed by atoms with Gasteiger partial charge in [0.2, 0.25) is 0 Å². The highest BCUT2D eigenvalue weighted by Crippen LogP contribution is 2.47. The number of nitriles is 1. The Labute approximate surface area is 379 Å². The van der Waals surface area contributed by atoms with Crippen LogP contribution in [0, 0.1) is 17.9 Å². The second kappa shape index (κ2) is 14.9. The van der Waals surface area contributed by atoms with Crippen molar-refractivity contribution in [3.63, 3.8) is 0 Å². The Kier molecular flexibility index (Phi) is 8.78. The van der Waals surface area contributed by atoms with Crippen LogP contribution in [0.5, 0.6) is 0 Å². The first-order chi connectivity index (χ1) is 32.3. The normalized spacial score (nSPS) is 12.7. The Morgan fingerprint density at radius 1 is 0.500 bits per heavy atom. The van der Waals surface area contributed by atoms with Gasteiger partial charge in [-0.1, -0.05) is 103 Å². The van der Waals surface area contributed by atoms with E-state index in [1.54, 1.807) is 6.07 Å². The van der Waals surface area contributed by atoms with Crippen molar-refractivity contribution in [2.45, 2.75) is 6.18 Å². The number of anilines is 6. The van der Waals surface area contributed by atoms with E-state index in [9.17, 15) is 18.4 Å². The molecule has 0 bridgehead atoms. The molecule has 0 fully saturated rings. The molecule has 0 N–H and O–H groups in total. The maximum absolute atomic E-state index is 14.4. The lowest BCUT2D eigenvalue weighted by Crippen LogP contribution is -2.61. The van der Waals surface area contributed by atoms with Crippen molar-refractivity contribution in [2.24, 2.45) is 0 Å². The van der Waals surface area contributed by atoms with Crippen LogP contribution in [0.25, 0.3) is 54.6 Å². The molecular formula is C57H33BF3N5. The molecule has 10 aromatic rings. The topological polar surface area (TPSA) is 39.6 Å². The molecule has 0 saturated carbocycles. The summed E-state index contributed by atoms with van der Waals surface area (Å²) < 4.78 is 45.3. The van der Waals surface area contributed by atoms with Crippen molar-refractivity contribution in [3.05, 3.63) is 223 Å². The molecule has 2 aliphatic rings. The van der Waals surface area contributed by atoms with Gasteiger partial charge in [0.1, 0.15) is 0 Å². The summed E-state index contributed by atoms with van der Waals surface area (Å²) >= 11 is 0. The molecule has 66 heavy (non-hydrogen) atoms. The van der Waals surface area contributed by atoms with Gasteiger partial charge in [-0.25, -0.2) is 4.85 Å². The summed E-state index contributed by atoms with van der Waals surface area (Å²) in [4.78, 5) is 8.42. The summed E-state index contributed by atoms with van der Waals surface area (Å²) in [5.74, 6) is 0. The molecule has 310 valence electrons. The van der Waals surface area contributed by atoms with Crippen LogP contribution in [0.4, 0.5) is 53.0 Å². The Morgan fingerprint density at radius 3 is 1.71 bits per heavy atom. The van der Waals surface area contributed by atoms with Crippen molar-refractivity contribution in [2.75, 3.05) is 9.80 Å². The van der Waals surface area contributed by atoms with Crippen LogP contribution < -0.4 is 26.2 Å². The molecule has 3 heterocycles. The highest BCUT2D eigenvalue weighted by molar-refractivity contribution is 7.00. The molecule has 9 heteroatoms. The van der Waals surface area contributed by atoms with Gasteiger partial charge in [-0.2, -0.15) is 18.4 Å². The molecule has 0 spiro atoms. The SMILES string of the molecule is [C-]#[N+]c1cc(C#N)ccc1-c1cc(C(F)(F)F)ccc1-n1c2ccccc2c2cc(-c3cc4c5c(c3)N(c3ccccc3)c3ccccc3B5c3ccccc3N4c3ccccc3)ccc21. The fraction of sp³-hybridized carbons (Fsp3) is 0.0175. The van der Waals surface area contributed by atoms with Crippen LogP contribution >= 0.6 is 0 Å². The first kappa shape index (κ1) is 38.9. The van der Waals surface area contributed by atoms with E-state index < -0.39 is 11.7 Å². The summed E-state index contributed by atoms with van der Waals surface area (Å²) in [5.41, 5.74) is 14.2. The minimum absolute atomic E-state index is 0.0331. The van der Waals surface area contributed by atoms with Crippen LogP contribution in [0.1, 0.15) is 11.1 Å². The monoisotopic (exact) mass is 855 g/mol. The van der Waals surface area contributed by atoms with Crippen molar-refractivity contribution >= 4 is 84.7 Å². The molecule has 0 aliphatic carbocycles. The lowest BCUT2D eigenvalue weighted by Gasteiger charge is -2.44. The predicted octanol–water partition coefficient (Wildman–Crippen LogP) is 13.6. The highest BCUT2D eigenvalue weighted by Gasteiger charge is 2.43. The predicted molar refractivity (Wildman–Crippen MR) is 262 cm³/mol. The van der Waals surface area contributed by atoms with Gasteiger partial charge in [0, 0.05) is 50.5 Å². The summed E-state index contributed by atoms with van der Waals surface area (Å²) in [6.45, 7) is 7.94. The van der Waals surface area contributed by atoms with Crippen LogP contribution in [0.2, 0.25) is 0 Å². The first-order valence-electron chi connectivity index (χ1n) is 21.5. The van der Waals surface area contributed by atoms with Crippen molar-refractivity contribution in [1.82, 2.24) is 4.57 Å². The second-order valence-electron chi connectivity index (χ2n) is 16.6. The molecule has 2 aliphatic heterocycles. The number of nitrogens with zero attached hydrogens (tertiary/aromatic N) is 5. The zero-order chi connectivity index (χ0) is 44.7. The van der Waals surface area contributed by atoms with E-state index in [1.807, 2.05) is 47.0 Å². The van der Waals surface area contributed by atoms with Gasteiger partial charge in [-0.05, 0) is 136 Å². The smallest absolute Gasteiger partial charge is 0.311 e. The summed E-state index contributed by atoms with van der Waals surface area (Å²) in [6.07, 6.45) is -4.63. The van der Waals surface area contributed by atoms with Crippen LogP contribution in [-0.4, -0.2) is 11.3 Å². The number of hydrogen-bond donors (Lipinski definition) is 0. The quantitative estimate of drug-likeness (QED) is 0.128. The highest BCUT2D eigenvalue weighted by atomic mass is 19.4. The zero-order valence-corrected chi connectivity index (χ0v) is 35.0. The molecule has 1 aromatic heterocycles. The number of benzene rings is 9. The molecule has 0 unspecified atom stereocenters. The average Bonchev–Trinajstić information content (AvgIpc) is 3.69. The van der Waals surface area contributed by atoms with E-state index in [0.29, 0.717) is 11.3 Å². The van der Waals surface area contributed by atoms with Gasteiger partial charge in [-0.15, -0.1) is 0 Å². The Balaban J connectivity index is 1.12. The number of rotatable bonds is 5. The van der Waals surface area contributed by atoms with Crippen molar-refractivity contribution in [1.29, 1.82) is 5.26 Å². The fourth-order valence-corrected chi connectivity index (χ4v) is 10.2. The van der Waals surface area contributed by atoms with Crippen molar-refractivity contribution in [3.8, 4) is 34.0 Å². The maximum Gasteiger partial charge on any atom is 0.416 e. The zero-order valence-electron chi connectivity index (χ0n) is 35.0. The minimum Gasteiger partial charge on any atom is -0.311 e. The summed E-state index contributed by atoms with van der Waals surface area (Å²) in [6, 6.07) is 67.4. The Morgan fingerprint density at radius 2 is 1.09 bits per heavy atom.